The Kier molecular flexibility index (Phi) is 18.5. The zero-order valence-corrected chi connectivity index (χ0v) is 26.6. The number of ether oxygens (including phenoxy) is 3. The van der Waals surface area contributed by atoms with Crippen LogP contribution in [0, 0.1) is 10.8 Å². The van der Waals surface area contributed by atoms with Crippen molar-refractivity contribution in [1.82, 2.24) is 21.0 Å². The highest BCUT2D eigenvalue weighted by molar-refractivity contribution is 8.00. The molecule has 0 radical (unpaired) electrons. The standard InChI is InChI=1S/C28H56N6O6S/c1-27(2,19-40-20-28(3,4)18-39-13-11-34(30)14-22(29)15-35)17-38-12-10-32-25(37)9-7-6-8-24-26(31-5)23(16-41-24)33-21-36/h14,21,23-24,26,31,35H,6-13,15-20,29-30H2,1-5H3,(H,32,37)(H,33,36)/b22-14-/t23-,24?,26-/m0/s1. The van der Waals surface area contributed by atoms with E-state index in [-0.39, 0.29) is 35.4 Å². The number of aliphatic hydroxyl groups is 1. The minimum atomic E-state index is -0.236. The van der Waals surface area contributed by atoms with E-state index in [0.29, 0.717) is 70.1 Å². The summed E-state index contributed by atoms with van der Waals surface area (Å²) in [6.45, 7) is 12.1. The van der Waals surface area contributed by atoms with Gasteiger partial charge in [-0.25, -0.2) is 5.84 Å². The van der Waals surface area contributed by atoms with Crippen LogP contribution in [0.2, 0.25) is 0 Å². The second-order valence-electron chi connectivity index (χ2n) is 12.2. The van der Waals surface area contributed by atoms with Gasteiger partial charge in [0.25, 0.3) is 0 Å². The number of hydrogen-bond donors (Lipinski definition) is 6. The van der Waals surface area contributed by atoms with E-state index in [1.165, 1.54) is 11.2 Å². The summed E-state index contributed by atoms with van der Waals surface area (Å²) < 4.78 is 17.5. The van der Waals surface area contributed by atoms with Gasteiger partial charge in [0.2, 0.25) is 12.3 Å². The first-order chi connectivity index (χ1) is 19.4. The number of nitrogens with two attached hydrogens (primary N) is 2. The van der Waals surface area contributed by atoms with Crippen molar-refractivity contribution in [1.29, 1.82) is 0 Å². The second-order valence-corrected chi connectivity index (χ2v) is 13.5. The number of amides is 2. The molecule has 0 spiro atoms. The molecule has 13 heteroatoms. The van der Waals surface area contributed by atoms with Crippen molar-refractivity contribution in [2.45, 2.75) is 70.7 Å². The van der Waals surface area contributed by atoms with Crippen molar-refractivity contribution in [2.24, 2.45) is 22.4 Å². The molecule has 1 unspecified atom stereocenters. The van der Waals surface area contributed by atoms with Crippen LogP contribution in [0.5, 0.6) is 0 Å². The molecule has 1 aliphatic rings. The number of nitrogens with zero attached hydrogens (tertiary/aromatic N) is 1. The zero-order chi connectivity index (χ0) is 30.7. The summed E-state index contributed by atoms with van der Waals surface area (Å²) >= 11 is 1.88. The molecule has 41 heavy (non-hydrogen) atoms. The van der Waals surface area contributed by atoms with E-state index in [2.05, 4.69) is 43.6 Å². The first-order valence-electron chi connectivity index (χ1n) is 14.5. The molecule has 3 atom stereocenters. The van der Waals surface area contributed by atoms with Gasteiger partial charge in [-0.2, -0.15) is 11.8 Å². The summed E-state index contributed by atoms with van der Waals surface area (Å²) in [6, 6.07) is 0.438. The van der Waals surface area contributed by atoms with Gasteiger partial charge in [-0.15, -0.1) is 0 Å². The highest BCUT2D eigenvalue weighted by atomic mass is 32.2. The fourth-order valence-corrected chi connectivity index (χ4v) is 6.06. The zero-order valence-electron chi connectivity index (χ0n) is 25.8. The predicted octanol–water partition coefficient (Wildman–Crippen LogP) is 0.551. The minimum Gasteiger partial charge on any atom is -0.399 e. The third-order valence-electron chi connectivity index (χ3n) is 6.63. The SMILES string of the molecule is CN[C@@H]1C(CCCCC(=O)NCCOCC(C)(C)COCC(C)(C)COCCN(N)/C=C(\N)CO)SC[C@@H]1NC=O. The number of unbranched alkanes of at least 4 members (excludes halogenated alkanes) is 1. The maximum absolute atomic E-state index is 12.2. The Hall–Kier alpha value is -1.61. The summed E-state index contributed by atoms with van der Waals surface area (Å²) in [5, 5.41) is 19.9. The molecule has 1 aliphatic heterocycles. The highest BCUT2D eigenvalue weighted by Crippen LogP contribution is 2.31. The highest BCUT2D eigenvalue weighted by Gasteiger charge is 2.35. The lowest BCUT2D eigenvalue weighted by molar-refractivity contribution is -0.121. The molecule has 0 aromatic heterocycles. The number of thioether (sulfide) groups is 1. The average Bonchev–Trinajstić information content (AvgIpc) is 3.30. The van der Waals surface area contributed by atoms with Crippen molar-refractivity contribution < 1.29 is 28.9 Å². The number of rotatable bonds is 24. The van der Waals surface area contributed by atoms with Crippen LogP contribution in [0.1, 0.15) is 53.4 Å². The summed E-state index contributed by atoms with van der Waals surface area (Å²) in [7, 11) is 1.93. The molecular weight excluding hydrogens is 548 g/mol. The van der Waals surface area contributed by atoms with Crippen LogP contribution in [0.3, 0.4) is 0 Å². The Balaban J connectivity index is 2.10. The van der Waals surface area contributed by atoms with Gasteiger partial charge >= 0.3 is 0 Å². The van der Waals surface area contributed by atoms with Gasteiger partial charge in [0.1, 0.15) is 0 Å². The Morgan fingerprint density at radius 3 is 2.32 bits per heavy atom. The van der Waals surface area contributed by atoms with Gasteiger partial charge in [-0.05, 0) is 19.9 Å². The molecule has 0 aromatic rings. The summed E-state index contributed by atoms with van der Waals surface area (Å²) in [4.78, 5) is 23.0. The van der Waals surface area contributed by atoms with Crippen LogP contribution in [0.4, 0.5) is 0 Å². The largest absolute Gasteiger partial charge is 0.399 e. The van der Waals surface area contributed by atoms with Crippen molar-refractivity contribution in [3.05, 3.63) is 11.9 Å². The molecular formula is C28H56N6O6S. The van der Waals surface area contributed by atoms with E-state index in [0.717, 1.165) is 31.4 Å². The maximum Gasteiger partial charge on any atom is 0.220 e. The summed E-state index contributed by atoms with van der Waals surface area (Å²) in [5.41, 5.74) is 5.51. The van der Waals surface area contributed by atoms with Crippen LogP contribution in [0.25, 0.3) is 0 Å². The number of aliphatic hydroxyl groups excluding tert-OH is 1. The summed E-state index contributed by atoms with van der Waals surface area (Å²) in [6.07, 6.45) is 5.63. The molecule has 12 nitrogen and oxygen atoms in total. The van der Waals surface area contributed by atoms with Gasteiger partial charge in [0.15, 0.2) is 0 Å². The van der Waals surface area contributed by atoms with Crippen molar-refractivity contribution in [3.8, 4) is 0 Å². The number of hydrazine groups is 1. The van der Waals surface area contributed by atoms with Crippen LogP contribution in [-0.2, 0) is 23.8 Å². The smallest absolute Gasteiger partial charge is 0.220 e. The van der Waals surface area contributed by atoms with Crippen LogP contribution in [-0.4, -0.2) is 112 Å². The van der Waals surface area contributed by atoms with E-state index in [1.807, 2.05) is 18.8 Å². The van der Waals surface area contributed by atoms with Gasteiger partial charge in [0, 0.05) is 47.0 Å². The topological polar surface area (TPSA) is 173 Å². The van der Waals surface area contributed by atoms with Gasteiger partial charge in [-0.1, -0.05) is 34.1 Å². The third kappa shape index (κ3) is 17.2. The molecule has 1 saturated heterocycles. The number of carbonyl (C=O) groups excluding carboxylic acids is 2. The van der Waals surface area contributed by atoms with E-state index in [1.54, 1.807) is 0 Å². The monoisotopic (exact) mass is 604 g/mol. The molecule has 0 bridgehead atoms. The number of carbonyl (C=O) groups is 2. The Morgan fingerprint density at radius 1 is 1.07 bits per heavy atom. The molecule has 2 amide bonds. The average molecular weight is 605 g/mol. The van der Waals surface area contributed by atoms with E-state index >= 15 is 0 Å². The lowest BCUT2D eigenvalue weighted by atomic mass is 9.94. The Morgan fingerprint density at radius 2 is 1.71 bits per heavy atom. The third-order valence-corrected chi connectivity index (χ3v) is 8.14. The van der Waals surface area contributed by atoms with E-state index in [4.69, 9.17) is 30.9 Å². The predicted molar refractivity (Wildman–Crippen MR) is 164 cm³/mol. The molecule has 0 aromatic carbocycles. The fraction of sp³-hybridized carbons (Fsp3) is 0.857. The second kappa shape index (κ2) is 20.3. The van der Waals surface area contributed by atoms with Crippen molar-refractivity contribution in [3.63, 3.8) is 0 Å². The van der Waals surface area contributed by atoms with E-state index < -0.39 is 0 Å². The molecule has 1 fully saturated rings. The molecule has 1 heterocycles. The van der Waals surface area contributed by atoms with Gasteiger partial charge < -0.3 is 46.0 Å². The first-order valence-corrected chi connectivity index (χ1v) is 15.5. The van der Waals surface area contributed by atoms with Crippen molar-refractivity contribution >= 4 is 24.1 Å². The Labute approximate surface area is 251 Å². The Bertz CT molecular complexity index is 772. The summed E-state index contributed by atoms with van der Waals surface area (Å²) in [5.74, 6) is 6.75. The molecule has 8 N–H and O–H groups in total. The molecule has 240 valence electrons. The lowest BCUT2D eigenvalue weighted by Crippen LogP contribution is -2.48. The van der Waals surface area contributed by atoms with Crippen LogP contribution in [0.15, 0.2) is 11.9 Å². The molecule has 0 saturated carbocycles. The van der Waals surface area contributed by atoms with E-state index in [9.17, 15) is 9.59 Å². The maximum atomic E-state index is 12.2. The van der Waals surface area contributed by atoms with Crippen LogP contribution >= 0.6 is 11.8 Å². The number of nitrogens with one attached hydrogen (secondary N) is 3. The van der Waals surface area contributed by atoms with Crippen molar-refractivity contribution in [2.75, 3.05) is 72.1 Å². The van der Waals surface area contributed by atoms with Gasteiger partial charge in [-0.3, -0.25) is 9.59 Å². The quantitative estimate of drug-likeness (QED) is 0.0393. The minimum absolute atomic E-state index is 0.0512. The molecule has 0 aliphatic carbocycles. The number of likely N-dealkylation sites (N-methyl/N-ethyl adjacent to an activating group) is 1. The lowest BCUT2D eigenvalue weighted by Gasteiger charge is -2.29. The first kappa shape index (κ1) is 37.4. The van der Waals surface area contributed by atoms with Crippen LogP contribution < -0.4 is 27.5 Å². The normalized spacial score (nSPS) is 19.8. The molecule has 1 rings (SSSR count). The van der Waals surface area contributed by atoms with Gasteiger partial charge in [0.05, 0.1) is 64.5 Å². The number of hydrogen-bond acceptors (Lipinski definition) is 11. The fourth-order valence-electron chi connectivity index (χ4n) is 4.44.